The molecule has 0 saturated heterocycles. The molecule has 0 bridgehead atoms. The van der Waals surface area contributed by atoms with Crippen LogP contribution in [0.2, 0.25) is 0 Å². The molecule has 0 radical (unpaired) electrons. The van der Waals surface area contributed by atoms with Crippen molar-refractivity contribution in [1.82, 2.24) is 5.32 Å². The van der Waals surface area contributed by atoms with E-state index in [2.05, 4.69) is 22.8 Å². The molecule has 3 rings (SSSR count). The van der Waals surface area contributed by atoms with E-state index >= 15 is 0 Å². The molecule has 0 aliphatic rings. The molecule has 0 spiro atoms. The van der Waals surface area contributed by atoms with Crippen molar-refractivity contribution in [3.63, 3.8) is 0 Å². The van der Waals surface area contributed by atoms with E-state index in [1.54, 1.807) is 36.4 Å². The summed E-state index contributed by atoms with van der Waals surface area (Å²) in [4.78, 5) is 24.5. The third-order valence-electron chi connectivity index (χ3n) is 4.63. The van der Waals surface area contributed by atoms with Gasteiger partial charge in [0.1, 0.15) is 5.75 Å². The molecule has 5 heteroatoms. The SMILES string of the molecule is C[C@H](CCc1ccccc1)NC(=O)c1ccc(NC(=O)COc2ccccc2)cc1. The summed E-state index contributed by atoms with van der Waals surface area (Å²) < 4.78 is 5.42. The maximum absolute atomic E-state index is 12.4. The van der Waals surface area contributed by atoms with Gasteiger partial charge in [-0.2, -0.15) is 0 Å². The van der Waals surface area contributed by atoms with Crippen LogP contribution in [0.4, 0.5) is 5.69 Å². The highest BCUT2D eigenvalue weighted by Gasteiger charge is 2.11. The van der Waals surface area contributed by atoms with Gasteiger partial charge in [-0.25, -0.2) is 0 Å². The van der Waals surface area contributed by atoms with Gasteiger partial charge in [0, 0.05) is 17.3 Å². The molecular weight excluding hydrogens is 376 g/mol. The van der Waals surface area contributed by atoms with E-state index in [9.17, 15) is 9.59 Å². The molecular formula is C25H26N2O3. The zero-order valence-corrected chi connectivity index (χ0v) is 17.0. The van der Waals surface area contributed by atoms with Gasteiger partial charge in [0.15, 0.2) is 6.61 Å². The Morgan fingerprint density at radius 2 is 1.50 bits per heavy atom. The number of hydrogen-bond acceptors (Lipinski definition) is 3. The molecule has 2 N–H and O–H groups in total. The summed E-state index contributed by atoms with van der Waals surface area (Å²) in [7, 11) is 0. The van der Waals surface area contributed by atoms with Crippen LogP contribution in [0.3, 0.4) is 0 Å². The van der Waals surface area contributed by atoms with Gasteiger partial charge >= 0.3 is 0 Å². The zero-order valence-electron chi connectivity index (χ0n) is 17.0. The van der Waals surface area contributed by atoms with Gasteiger partial charge in [0.25, 0.3) is 11.8 Å². The average molecular weight is 402 g/mol. The van der Waals surface area contributed by atoms with E-state index in [1.807, 2.05) is 43.3 Å². The van der Waals surface area contributed by atoms with E-state index in [1.165, 1.54) is 5.56 Å². The number of carbonyl (C=O) groups excluding carboxylic acids is 2. The van der Waals surface area contributed by atoms with Gasteiger partial charge in [0.05, 0.1) is 0 Å². The molecule has 0 saturated carbocycles. The lowest BCUT2D eigenvalue weighted by Crippen LogP contribution is -2.32. The molecule has 30 heavy (non-hydrogen) atoms. The molecule has 2 amide bonds. The van der Waals surface area contributed by atoms with Crippen LogP contribution < -0.4 is 15.4 Å². The van der Waals surface area contributed by atoms with Crippen LogP contribution in [0.5, 0.6) is 5.75 Å². The smallest absolute Gasteiger partial charge is 0.262 e. The molecule has 0 aliphatic heterocycles. The lowest BCUT2D eigenvalue weighted by molar-refractivity contribution is -0.118. The van der Waals surface area contributed by atoms with Crippen LogP contribution in [0.25, 0.3) is 0 Å². The maximum Gasteiger partial charge on any atom is 0.262 e. The molecule has 3 aromatic carbocycles. The first-order valence-electron chi connectivity index (χ1n) is 10.0. The number of anilines is 1. The normalized spacial score (nSPS) is 11.4. The number of nitrogens with one attached hydrogen (secondary N) is 2. The summed E-state index contributed by atoms with van der Waals surface area (Å²) in [6.45, 7) is 1.92. The first kappa shape index (κ1) is 21.1. The molecule has 5 nitrogen and oxygen atoms in total. The average Bonchev–Trinajstić information content (AvgIpc) is 2.78. The quantitative estimate of drug-likeness (QED) is 0.555. The second kappa shape index (κ2) is 10.8. The monoisotopic (exact) mass is 402 g/mol. The highest BCUT2D eigenvalue weighted by atomic mass is 16.5. The predicted molar refractivity (Wildman–Crippen MR) is 119 cm³/mol. The number of amides is 2. The number of ether oxygens (including phenoxy) is 1. The van der Waals surface area contributed by atoms with Crippen LogP contribution in [0, 0.1) is 0 Å². The first-order chi connectivity index (χ1) is 14.6. The molecule has 3 aromatic rings. The summed E-state index contributed by atoms with van der Waals surface area (Å²) in [5.74, 6) is 0.257. The summed E-state index contributed by atoms with van der Waals surface area (Å²) in [5, 5.41) is 5.78. The van der Waals surface area contributed by atoms with Crippen LogP contribution in [-0.4, -0.2) is 24.5 Å². The summed E-state index contributed by atoms with van der Waals surface area (Å²) in [6.07, 6.45) is 1.78. The Labute approximate surface area is 177 Å². The van der Waals surface area contributed by atoms with E-state index < -0.39 is 0 Å². The Morgan fingerprint density at radius 1 is 0.867 bits per heavy atom. The maximum atomic E-state index is 12.4. The predicted octanol–water partition coefficient (Wildman–Crippen LogP) is 4.46. The fourth-order valence-corrected chi connectivity index (χ4v) is 2.97. The molecule has 0 aliphatic carbocycles. The number of benzene rings is 3. The molecule has 1 atom stereocenters. The second-order valence-electron chi connectivity index (χ2n) is 7.13. The number of aryl methyl sites for hydroxylation is 1. The van der Waals surface area contributed by atoms with Crippen molar-refractivity contribution < 1.29 is 14.3 Å². The minimum atomic E-state index is -0.259. The van der Waals surface area contributed by atoms with Crippen molar-refractivity contribution in [3.8, 4) is 5.75 Å². The fraction of sp³-hybridized carbons (Fsp3) is 0.200. The van der Waals surface area contributed by atoms with Crippen LogP contribution in [0.1, 0.15) is 29.3 Å². The fourth-order valence-electron chi connectivity index (χ4n) is 2.97. The Bertz CT molecular complexity index is 941. The van der Waals surface area contributed by atoms with Gasteiger partial charge in [-0.3, -0.25) is 9.59 Å². The van der Waals surface area contributed by atoms with E-state index in [-0.39, 0.29) is 24.5 Å². The van der Waals surface area contributed by atoms with Crippen molar-refractivity contribution >= 4 is 17.5 Å². The third kappa shape index (κ3) is 6.78. The van der Waals surface area contributed by atoms with Crippen molar-refractivity contribution in [2.24, 2.45) is 0 Å². The zero-order chi connectivity index (χ0) is 21.2. The number of carbonyl (C=O) groups is 2. The largest absolute Gasteiger partial charge is 0.484 e. The Balaban J connectivity index is 1.43. The molecule has 0 unspecified atom stereocenters. The van der Waals surface area contributed by atoms with Gasteiger partial charge in [-0.1, -0.05) is 48.5 Å². The molecule has 0 fully saturated rings. The molecule has 154 valence electrons. The van der Waals surface area contributed by atoms with E-state index in [0.717, 1.165) is 12.8 Å². The van der Waals surface area contributed by atoms with Gasteiger partial charge in [-0.05, 0) is 61.7 Å². The summed E-state index contributed by atoms with van der Waals surface area (Å²) in [6, 6.07) is 26.3. The van der Waals surface area contributed by atoms with Crippen molar-refractivity contribution in [3.05, 3.63) is 96.1 Å². The third-order valence-corrected chi connectivity index (χ3v) is 4.63. The summed E-state index contributed by atoms with van der Waals surface area (Å²) in [5.41, 5.74) is 2.43. The molecule has 0 heterocycles. The number of para-hydroxylation sites is 1. The second-order valence-corrected chi connectivity index (χ2v) is 7.13. The lowest BCUT2D eigenvalue weighted by Gasteiger charge is -2.14. The van der Waals surface area contributed by atoms with Crippen molar-refractivity contribution in [1.29, 1.82) is 0 Å². The van der Waals surface area contributed by atoms with E-state index in [0.29, 0.717) is 17.0 Å². The number of hydrogen-bond donors (Lipinski definition) is 2. The topological polar surface area (TPSA) is 67.4 Å². The van der Waals surface area contributed by atoms with Crippen molar-refractivity contribution in [2.75, 3.05) is 11.9 Å². The van der Waals surface area contributed by atoms with Gasteiger partial charge in [0.2, 0.25) is 0 Å². The van der Waals surface area contributed by atoms with Crippen LogP contribution in [-0.2, 0) is 11.2 Å². The standard InChI is InChI=1S/C25H26N2O3/c1-19(12-13-20-8-4-2-5-9-20)26-25(29)21-14-16-22(17-15-21)27-24(28)18-30-23-10-6-3-7-11-23/h2-11,14-17,19H,12-13,18H2,1H3,(H,26,29)(H,27,28)/t19-/m1/s1. The highest BCUT2D eigenvalue weighted by molar-refractivity contribution is 5.96. The number of rotatable bonds is 9. The van der Waals surface area contributed by atoms with Gasteiger partial charge < -0.3 is 15.4 Å². The summed E-state index contributed by atoms with van der Waals surface area (Å²) >= 11 is 0. The van der Waals surface area contributed by atoms with Crippen molar-refractivity contribution in [2.45, 2.75) is 25.8 Å². The van der Waals surface area contributed by atoms with Crippen LogP contribution >= 0.6 is 0 Å². The lowest BCUT2D eigenvalue weighted by atomic mass is 10.1. The minimum Gasteiger partial charge on any atom is -0.484 e. The van der Waals surface area contributed by atoms with Crippen LogP contribution in [0.15, 0.2) is 84.9 Å². The minimum absolute atomic E-state index is 0.0622. The Hall–Kier alpha value is -3.60. The Kier molecular flexibility index (Phi) is 7.61. The van der Waals surface area contributed by atoms with Gasteiger partial charge in [-0.15, -0.1) is 0 Å². The van der Waals surface area contributed by atoms with E-state index in [4.69, 9.17) is 4.74 Å². The highest BCUT2D eigenvalue weighted by Crippen LogP contribution is 2.12. The first-order valence-corrected chi connectivity index (χ1v) is 10.0. The molecule has 0 aromatic heterocycles. The Morgan fingerprint density at radius 3 is 2.17 bits per heavy atom.